The fourth-order valence-corrected chi connectivity index (χ4v) is 3.05. The van der Waals surface area contributed by atoms with Gasteiger partial charge in [-0.05, 0) is 31.2 Å². The van der Waals surface area contributed by atoms with Gasteiger partial charge in [0.2, 0.25) is 0 Å². The van der Waals surface area contributed by atoms with Gasteiger partial charge in [-0.1, -0.05) is 36.8 Å². The van der Waals surface area contributed by atoms with Crippen molar-refractivity contribution < 1.29 is 18.3 Å². The summed E-state index contributed by atoms with van der Waals surface area (Å²) in [6.07, 6.45) is -1.79. The van der Waals surface area contributed by atoms with E-state index in [1.54, 1.807) is 0 Å². The zero-order valence-corrected chi connectivity index (χ0v) is 11.9. The van der Waals surface area contributed by atoms with Gasteiger partial charge in [0.15, 0.2) is 0 Å². The van der Waals surface area contributed by atoms with Gasteiger partial charge >= 0.3 is 6.18 Å². The molecule has 0 bridgehead atoms. The van der Waals surface area contributed by atoms with E-state index in [2.05, 4.69) is 5.32 Å². The highest BCUT2D eigenvalue weighted by atomic mass is 19.4. The number of hydrogen-bond donors (Lipinski definition) is 2. The Kier molecular flexibility index (Phi) is 5.65. The molecule has 1 aromatic rings. The average Bonchev–Trinajstić information content (AvgIpc) is 2.47. The molecule has 1 fully saturated rings. The van der Waals surface area contributed by atoms with Crippen molar-refractivity contribution in [1.82, 2.24) is 5.32 Å². The Labute approximate surface area is 123 Å². The normalized spacial score (nSPS) is 24.8. The first-order valence-electron chi connectivity index (χ1n) is 7.46. The van der Waals surface area contributed by atoms with E-state index in [4.69, 9.17) is 0 Å². The maximum absolute atomic E-state index is 12.8. The number of nitrogens with one attached hydrogen (secondary N) is 1. The SMILES string of the molecule is OCC(Cc1ccccc1)NC1CCCC(C(F)(F)F)C1. The van der Waals surface area contributed by atoms with E-state index in [1.165, 1.54) is 0 Å². The minimum Gasteiger partial charge on any atom is -0.395 e. The maximum Gasteiger partial charge on any atom is 0.391 e. The Hall–Kier alpha value is -1.07. The van der Waals surface area contributed by atoms with E-state index >= 15 is 0 Å². The zero-order chi connectivity index (χ0) is 15.3. The second kappa shape index (κ2) is 7.27. The molecule has 1 saturated carbocycles. The van der Waals surface area contributed by atoms with Gasteiger partial charge in [0.05, 0.1) is 12.5 Å². The molecule has 0 spiro atoms. The molecule has 2 rings (SSSR count). The van der Waals surface area contributed by atoms with E-state index in [0.717, 1.165) is 12.0 Å². The smallest absolute Gasteiger partial charge is 0.391 e. The molecule has 1 aliphatic carbocycles. The zero-order valence-electron chi connectivity index (χ0n) is 11.9. The molecule has 3 atom stereocenters. The minimum atomic E-state index is -4.10. The van der Waals surface area contributed by atoms with Gasteiger partial charge in [-0.15, -0.1) is 0 Å². The lowest BCUT2D eigenvalue weighted by Gasteiger charge is -2.33. The monoisotopic (exact) mass is 301 g/mol. The number of aliphatic hydroxyl groups is 1. The van der Waals surface area contributed by atoms with Crippen LogP contribution in [0, 0.1) is 5.92 Å². The topological polar surface area (TPSA) is 32.3 Å². The van der Waals surface area contributed by atoms with Crippen molar-refractivity contribution in [1.29, 1.82) is 0 Å². The molecule has 0 saturated heterocycles. The second-order valence-corrected chi connectivity index (χ2v) is 5.84. The van der Waals surface area contributed by atoms with Crippen molar-refractivity contribution >= 4 is 0 Å². The predicted molar refractivity (Wildman–Crippen MR) is 76.0 cm³/mol. The van der Waals surface area contributed by atoms with Crippen molar-refractivity contribution in [3.63, 3.8) is 0 Å². The lowest BCUT2D eigenvalue weighted by Crippen LogP contribution is -2.45. The molecule has 1 aromatic carbocycles. The molecule has 1 aliphatic rings. The Morgan fingerprint density at radius 3 is 2.52 bits per heavy atom. The van der Waals surface area contributed by atoms with E-state index in [0.29, 0.717) is 12.8 Å². The molecule has 3 unspecified atom stereocenters. The lowest BCUT2D eigenvalue weighted by atomic mass is 9.84. The van der Waals surface area contributed by atoms with E-state index in [-0.39, 0.29) is 31.5 Å². The van der Waals surface area contributed by atoms with E-state index in [9.17, 15) is 18.3 Å². The van der Waals surface area contributed by atoms with Crippen molar-refractivity contribution in [3.05, 3.63) is 35.9 Å². The van der Waals surface area contributed by atoms with Gasteiger partial charge in [-0.3, -0.25) is 0 Å². The number of alkyl halides is 3. The van der Waals surface area contributed by atoms with Gasteiger partial charge in [0.1, 0.15) is 0 Å². The van der Waals surface area contributed by atoms with Gasteiger partial charge in [0.25, 0.3) is 0 Å². The molecule has 21 heavy (non-hydrogen) atoms. The quantitative estimate of drug-likeness (QED) is 0.874. The third-order valence-corrected chi connectivity index (χ3v) is 4.15. The molecule has 2 N–H and O–H groups in total. The Morgan fingerprint density at radius 2 is 1.90 bits per heavy atom. The first kappa shape index (κ1) is 16.3. The molecule has 0 aliphatic heterocycles. The van der Waals surface area contributed by atoms with Crippen molar-refractivity contribution in [2.45, 2.75) is 50.4 Å². The highest BCUT2D eigenvalue weighted by molar-refractivity contribution is 5.16. The largest absolute Gasteiger partial charge is 0.395 e. The summed E-state index contributed by atoms with van der Waals surface area (Å²) in [6, 6.07) is 9.33. The summed E-state index contributed by atoms with van der Waals surface area (Å²) in [7, 11) is 0. The summed E-state index contributed by atoms with van der Waals surface area (Å²) in [6.45, 7) is -0.0674. The molecule has 2 nitrogen and oxygen atoms in total. The number of hydrogen-bond acceptors (Lipinski definition) is 2. The lowest BCUT2D eigenvalue weighted by molar-refractivity contribution is -0.183. The van der Waals surface area contributed by atoms with Crippen molar-refractivity contribution in [2.75, 3.05) is 6.61 Å². The number of aliphatic hydroxyl groups excluding tert-OH is 1. The van der Waals surface area contributed by atoms with E-state index < -0.39 is 12.1 Å². The molecular weight excluding hydrogens is 279 g/mol. The second-order valence-electron chi connectivity index (χ2n) is 5.84. The Morgan fingerprint density at radius 1 is 1.19 bits per heavy atom. The summed E-state index contributed by atoms with van der Waals surface area (Å²) in [4.78, 5) is 0. The first-order valence-corrected chi connectivity index (χ1v) is 7.46. The summed E-state index contributed by atoms with van der Waals surface area (Å²) < 4.78 is 38.4. The van der Waals surface area contributed by atoms with Crippen LogP contribution in [0.15, 0.2) is 30.3 Å². The number of halogens is 3. The highest BCUT2D eigenvalue weighted by Gasteiger charge is 2.42. The fraction of sp³-hybridized carbons (Fsp3) is 0.625. The van der Waals surface area contributed by atoms with Crippen molar-refractivity contribution in [3.8, 4) is 0 Å². The van der Waals surface area contributed by atoms with Crippen LogP contribution in [0.25, 0.3) is 0 Å². The molecule has 5 heteroatoms. The molecule has 0 heterocycles. The molecular formula is C16H22F3NO. The standard InChI is InChI=1S/C16H22F3NO/c17-16(18,19)13-7-4-8-14(10-13)20-15(11-21)9-12-5-2-1-3-6-12/h1-3,5-6,13-15,20-21H,4,7-11H2. The van der Waals surface area contributed by atoms with Crippen LogP contribution in [-0.4, -0.2) is 30.0 Å². The van der Waals surface area contributed by atoms with Crippen molar-refractivity contribution in [2.24, 2.45) is 5.92 Å². The first-order chi connectivity index (χ1) is 9.99. The number of rotatable bonds is 5. The average molecular weight is 301 g/mol. The van der Waals surface area contributed by atoms with Crippen LogP contribution in [0.2, 0.25) is 0 Å². The molecule has 0 amide bonds. The Bertz CT molecular complexity index is 421. The summed E-state index contributed by atoms with van der Waals surface area (Å²) in [5.74, 6) is -1.21. The fourth-order valence-electron chi connectivity index (χ4n) is 3.05. The van der Waals surface area contributed by atoms with Gasteiger partial charge in [-0.25, -0.2) is 0 Å². The molecule has 0 radical (unpaired) electrons. The highest BCUT2D eigenvalue weighted by Crippen LogP contribution is 2.37. The van der Waals surface area contributed by atoms with Crippen LogP contribution < -0.4 is 5.32 Å². The van der Waals surface area contributed by atoms with Gasteiger partial charge in [-0.2, -0.15) is 13.2 Å². The van der Waals surface area contributed by atoms with Crippen LogP contribution in [0.1, 0.15) is 31.2 Å². The van der Waals surface area contributed by atoms with Gasteiger partial charge < -0.3 is 10.4 Å². The van der Waals surface area contributed by atoms with Crippen LogP contribution in [0.4, 0.5) is 13.2 Å². The molecule has 118 valence electrons. The third kappa shape index (κ3) is 5.00. The summed E-state index contributed by atoms with van der Waals surface area (Å²) in [5.41, 5.74) is 1.08. The predicted octanol–water partition coefficient (Wildman–Crippen LogP) is 3.30. The minimum absolute atomic E-state index is 0.0674. The van der Waals surface area contributed by atoms with Crippen LogP contribution >= 0.6 is 0 Å². The van der Waals surface area contributed by atoms with Crippen LogP contribution in [0.5, 0.6) is 0 Å². The van der Waals surface area contributed by atoms with E-state index in [1.807, 2.05) is 30.3 Å². The maximum atomic E-state index is 12.8. The van der Waals surface area contributed by atoms with Crippen LogP contribution in [-0.2, 0) is 6.42 Å². The van der Waals surface area contributed by atoms with Gasteiger partial charge in [0, 0.05) is 12.1 Å². The number of benzene rings is 1. The Balaban J connectivity index is 1.89. The summed E-state index contributed by atoms with van der Waals surface area (Å²) >= 11 is 0. The van der Waals surface area contributed by atoms with Crippen LogP contribution in [0.3, 0.4) is 0 Å². The third-order valence-electron chi connectivity index (χ3n) is 4.15. The molecule has 0 aromatic heterocycles. The summed E-state index contributed by atoms with van der Waals surface area (Å²) in [5, 5.41) is 12.7.